The van der Waals surface area contributed by atoms with Crippen molar-refractivity contribution in [1.82, 2.24) is 0 Å². The van der Waals surface area contributed by atoms with Crippen LogP contribution in [0.1, 0.15) is 116 Å². The van der Waals surface area contributed by atoms with E-state index >= 15 is 0 Å². The Bertz CT molecular complexity index is 369. The van der Waals surface area contributed by atoms with Gasteiger partial charge in [0.05, 0.1) is 19.8 Å². The van der Waals surface area contributed by atoms with Crippen molar-refractivity contribution in [3.05, 3.63) is 0 Å². The smallest absolute Gasteiger partial charge is 0.305 e. The quantitative estimate of drug-likeness (QED) is 0.153. The number of rotatable bonds is 21. The Morgan fingerprint density at radius 1 is 0.767 bits per heavy atom. The Kier molecular flexibility index (Phi) is 19.7. The molecule has 178 valence electrons. The fourth-order valence-electron chi connectivity index (χ4n) is 3.76. The molecule has 0 amide bonds. The zero-order valence-electron chi connectivity index (χ0n) is 19.7. The molecule has 5 nitrogen and oxygen atoms in total. The third kappa shape index (κ3) is 18.1. The average molecular weight is 429 g/mol. The predicted octanol–water partition coefficient (Wildman–Crippen LogP) is 6.57. The molecule has 1 rings (SSSR count). The molecule has 1 heterocycles. The monoisotopic (exact) mass is 428 g/mol. The van der Waals surface area contributed by atoms with Crippen molar-refractivity contribution in [2.45, 2.75) is 122 Å². The van der Waals surface area contributed by atoms with Crippen LogP contribution in [0.2, 0.25) is 0 Å². The SMILES string of the molecule is CCCCCCCCCCCCCCCC(=O)OCCOCCOC1CCCCO1. The van der Waals surface area contributed by atoms with Crippen molar-refractivity contribution < 1.29 is 23.7 Å². The van der Waals surface area contributed by atoms with Gasteiger partial charge in [-0.05, 0) is 25.7 Å². The maximum atomic E-state index is 11.7. The van der Waals surface area contributed by atoms with Gasteiger partial charge < -0.3 is 18.9 Å². The minimum atomic E-state index is -0.103. The maximum absolute atomic E-state index is 11.7. The standard InChI is InChI=1S/C25H48O5/c1-2-3-4-5-6-7-8-9-10-11-12-13-14-17-24(26)28-22-20-27-21-23-30-25-18-15-16-19-29-25/h25H,2-23H2,1H3. The molecule has 0 bridgehead atoms. The molecule has 0 aromatic heterocycles. The van der Waals surface area contributed by atoms with E-state index in [-0.39, 0.29) is 12.3 Å². The van der Waals surface area contributed by atoms with Crippen molar-refractivity contribution in [2.75, 3.05) is 33.0 Å². The molecular formula is C25H48O5. The van der Waals surface area contributed by atoms with Gasteiger partial charge in [-0.3, -0.25) is 4.79 Å². The summed E-state index contributed by atoms with van der Waals surface area (Å²) in [5, 5.41) is 0. The lowest BCUT2D eigenvalue weighted by Gasteiger charge is -2.22. The topological polar surface area (TPSA) is 54.0 Å². The molecule has 1 fully saturated rings. The summed E-state index contributed by atoms with van der Waals surface area (Å²) in [6.45, 7) is 4.86. The number of carbonyl (C=O) groups excluding carboxylic acids is 1. The summed E-state index contributed by atoms with van der Waals surface area (Å²) in [7, 11) is 0. The van der Waals surface area contributed by atoms with Crippen LogP contribution >= 0.6 is 0 Å². The second-order valence-electron chi connectivity index (χ2n) is 8.49. The van der Waals surface area contributed by atoms with Crippen LogP contribution in [0.15, 0.2) is 0 Å². The molecule has 0 N–H and O–H groups in total. The fraction of sp³-hybridized carbons (Fsp3) is 0.960. The molecule has 1 atom stereocenters. The molecule has 5 heteroatoms. The van der Waals surface area contributed by atoms with E-state index in [1.165, 1.54) is 77.0 Å². The molecule has 1 aliphatic rings. The lowest BCUT2D eigenvalue weighted by molar-refractivity contribution is -0.169. The summed E-state index contributed by atoms with van der Waals surface area (Å²) < 4.78 is 21.7. The first kappa shape index (κ1) is 27.4. The van der Waals surface area contributed by atoms with Crippen molar-refractivity contribution in [3.8, 4) is 0 Å². The van der Waals surface area contributed by atoms with Gasteiger partial charge in [0.25, 0.3) is 0 Å². The first-order valence-electron chi connectivity index (χ1n) is 12.8. The molecule has 1 aliphatic heterocycles. The normalized spacial score (nSPS) is 16.6. The molecule has 30 heavy (non-hydrogen) atoms. The van der Waals surface area contributed by atoms with Crippen molar-refractivity contribution in [1.29, 1.82) is 0 Å². The predicted molar refractivity (Wildman–Crippen MR) is 122 cm³/mol. The first-order valence-corrected chi connectivity index (χ1v) is 12.8. The third-order valence-corrected chi connectivity index (χ3v) is 5.64. The van der Waals surface area contributed by atoms with Crippen LogP contribution in [0.4, 0.5) is 0 Å². The Morgan fingerprint density at radius 3 is 1.97 bits per heavy atom. The number of hydrogen-bond donors (Lipinski definition) is 0. The molecule has 0 spiro atoms. The van der Waals surface area contributed by atoms with E-state index in [1.54, 1.807) is 0 Å². The molecular weight excluding hydrogens is 380 g/mol. The van der Waals surface area contributed by atoms with Gasteiger partial charge in [-0.15, -0.1) is 0 Å². The first-order chi connectivity index (χ1) is 14.8. The van der Waals surface area contributed by atoms with Gasteiger partial charge in [0.2, 0.25) is 0 Å². The van der Waals surface area contributed by atoms with Crippen LogP contribution in [0.3, 0.4) is 0 Å². The molecule has 0 radical (unpaired) electrons. The number of esters is 1. The summed E-state index contributed by atoms with van der Waals surface area (Å²) in [6, 6.07) is 0. The second kappa shape index (κ2) is 21.6. The zero-order valence-corrected chi connectivity index (χ0v) is 19.7. The van der Waals surface area contributed by atoms with E-state index in [9.17, 15) is 4.79 Å². The minimum Gasteiger partial charge on any atom is -0.463 e. The molecule has 0 saturated carbocycles. The van der Waals surface area contributed by atoms with E-state index < -0.39 is 0 Å². The molecule has 1 saturated heterocycles. The second-order valence-corrected chi connectivity index (χ2v) is 8.49. The zero-order chi connectivity index (χ0) is 21.5. The van der Waals surface area contributed by atoms with Crippen LogP contribution in [-0.4, -0.2) is 45.3 Å². The number of unbranched alkanes of at least 4 members (excludes halogenated alkanes) is 12. The van der Waals surface area contributed by atoms with Crippen molar-refractivity contribution in [2.24, 2.45) is 0 Å². The lowest BCUT2D eigenvalue weighted by atomic mass is 10.0. The summed E-state index contributed by atoms with van der Waals surface area (Å²) >= 11 is 0. The highest BCUT2D eigenvalue weighted by Crippen LogP contribution is 2.14. The minimum absolute atomic E-state index is 0.0690. The number of carbonyl (C=O) groups is 1. The summed E-state index contributed by atoms with van der Waals surface area (Å²) in [5.74, 6) is -0.103. The Hall–Kier alpha value is -0.650. The summed E-state index contributed by atoms with van der Waals surface area (Å²) in [5.41, 5.74) is 0. The average Bonchev–Trinajstić information content (AvgIpc) is 2.77. The van der Waals surface area contributed by atoms with Gasteiger partial charge in [-0.2, -0.15) is 0 Å². The van der Waals surface area contributed by atoms with Gasteiger partial charge in [0.15, 0.2) is 6.29 Å². The van der Waals surface area contributed by atoms with E-state index in [4.69, 9.17) is 18.9 Å². The van der Waals surface area contributed by atoms with Gasteiger partial charge in [0, 0.05) is 13.0 Å². The van der Waals surface area contributed by atoms with Crippen LogP contribution in [0.25, 0.3) is 0 Å². The van der Waals surface area contributed by atoms with Crippen LogP contribution < -0.4 is 0 Å². The van der Waals surface area contributed by atoms with Crippen molar-refractivity contribution in [3.63, 3.8) is 0 Å². The van der Waals surface area contributed by atoms with E-state index in [1.807, 2.05) is 0 Å². The van der Waals surface area contributed by atoms with Gasteiger partial charge in [0.1, 0.15) is 6.61 Å². The van der Waals surface area contributed by atoms with Gasteiger partial charge >= 0.3 is 5.97 Å². The van der Waals surface area contributed by atoms with Crippen LogP contribution in [-0.2, 0) is 23.7 Å². The molecule has 0 aliphatic carbocycles. The molecule has 0 aromatic carbocycles. The van der Waals surface area contributed by atoms with Gasteiger partial charge in [-0.25, -0.2) is 0 Å². The van der Waals surface area contributed by atoms with E-state index in [0.29, 0.717) is 32.8 Å². The fourth-order valence-corrected chi connectivity index (χ4v) is 3.76. The number of ether oxygens (including phenoxy) is 4. The van der Waals surface area contributed by atoms with E-state index in [0.717, 1.165) is 32.3 Å². The highest BCUT2D eigenvalue weighted by Gasteiger charge is 2.13. The van der Waals surface area contributed by atoms with Crippen LogP contribution in [0, 0.1) is 0 Å². The molecule has 1 unspecified atom stereocenters. The largest absolute Gasteiger partial charge is 0.463 e. The summed E-state index contributed by atoms with van der Waals surface area (Å²) in [6.07, 6.45) is 20.8. The Morgan fingerprint density at radius 2 is 1.37 bits per heavy atom. The van der Waals surface area contributed by atoms with Crippen molar-refractivity contribution >= 4 is 5.97 Å². The summed E-state index contributed by atoms with van der Waals surface area (Å²) in [4.78, 5) is 11.7. The van der Waals surface area contributed by atoms with Crippen LogP contribution in [0.5, 0.6) is 0 Å². The molecule has 0 aromatic rings. The number of hydrogen-bond acceptors (Lipinski definition) is 5. The van der Waals surface area contributed by atoms with E-state index in [2.05, 4.69) is 6.92 Å². The van der Waals surface area contributed by atoms with Gasteiger partial charge in [-0.1, -0.05) is 84.0 Å². The Labute approximate surface area is 185 Å². The highest BCUT2D eigenvalue weighted by molar-refractivity contribution is 5.69. The third-order valence-electron chi connectivity index (χ3n) is 5.64. The lowest BCUT2D eigenvalue weighted by Crippen LogP contribution is -2.24. The highest BCUT2D eigenvalue weighted by atomic mass is 16.7. The Balaban J connectivity index is 1.72. The maximum Gasteiger partial charge on any atom is 0.305 e.